The molecule has 0 N–H and O–H groups in total. The van der Waals surface area contributed by atoms with E-state index in [-0.39, 0.29) is 10.8 Å². The highest BCUT2D eigenvalue weighted by Gasteiger charge is 2.66. The summed E-state index contributed by atoms with van der Waals surface area (Å²) in [7, 11) is 0. The van der Waals surface area contributed by atoms with E-state index in [9.17, 15) is 0 Å². The topological polar surface area (TPSA) is 3.24 Å². The molecule has 0 saturated heterocycles. The molecule has 5 unspecified atom stereocenters. The lowest BCUT2D eigenvalue weighted by molar-refractivity contribution is 0.191. The molecule has 5 atom stereocenters. The van der Waals surface area contributed by atoms with E-state index >= 15 is 0 Å². The highest BCUT2D eigenvalue weighted by molar-refractivity contribution is 5.90. The molecular weight excluding hydrogens is 699 g/mol. The molecule has 1 nitrogen and oxygen atoms in total. The summed E-state index contributed by atoms with van der Waals surface area (Å²) in [6, 6.07) is 63.1. The molecule has 0 amide bonds. The van der Waals surface area contributed by atoms with Crippen molar-refractivity contribution in [3.8, 4) is 44.5 Å². The van der Waals surface area contributed by atoms with Crippen molar-refractivity contribution in [2.75, 3.05) is 4.90 Å². The molecule has 7 aliphatic carbocycles. The van der Waals surface area contributed by atoms with Gasteiger partial charge in [-0.1, -0.05) is 141 Å². The van der Waals surface area contributed by atoms with Crippen LogP contribution in [0.1, 0.15) is 80.0 Å². The fourth-order valence-corrected chi connectivity index (χ4v) is 14.1. The molecule has 5 fully saturated rings. The van der Waals surface area contributed by atoms with Crippen LogP contribution in [0.25, 0.3) is 44.5 Å². The zero-order valence-corrected chi connectivity index (χ0v) is 33.2. The third kappa shape index (κ3) is 4.54. The van der Waals surface area contributed by atoms with Crippen LogP contribution < -0.4 is 4.90 Å². The molecule has 7 aromatic carbocycles. The van der Waals surface area contributed by atoms with Crippen LogP contribution in [0.5, 0.6) is 0 Å². The van der Waals surface area contributed by atoms with E-state index in [0.29, 0.717) is 0 Å². The first-order valence-corrected chi connectivity index (χ1v) is 22.2. The third-order valence-corrected chi connectivity index (χ3v) is 16.2. The van der Waals surface area contributed by atoms with Crippen LogP contribution >= 0.6 is 0 Å². The first-order valence-electron chi connectivity index (χ1n) is 22.2. The first-order chi connectivity index (χ1) is 28.7. The van der Waals surface area contributed by atoms with E-state index in [2.05, 4.69) is 169 Å². The minimum Gasteiger partial charge on any atom is -0.310 e. The Morgan fingerprint density at radius 3 is 1.81 bits per heavy atom. The second-order valence-corrected chi connectivity index (χ2v) is 18.8. The monoisotopic (exact) mass is 747 g/mol. The van der Waals surface area contributed by atoms with Gasteiger partial charge in [0.25, 0.3) is 0 Å². The number of benzene rings is 7. The smallest absolute Gasteiger partial charge is 0.0468 e. The van der Waals surface area contributed by atoms with Crippen molar-refractivity contribution in [3.63, 3.8) is 0 Å². The van der Waals surface area contributed by atoms with E-state index in [4.69, 9.17) is 0 Å². The van der Waals surface area contributed by atoms with Crippen LogP contribution in [0.2, 0.25) is 0 Å². The van der Waals surface area contributed by atoms with E-state index < -0.39 is 0 Å². The molecular formula is C57H49N. The van der Waals surface area contributed by atoms with Gasteiger partial charge in [0, 0.05) is 27.9 Å². The maximum absolute atomic E-state index is 2.66. The molecule has 1 heteroatoms. The van der Waals surface area contributed by atoms with Crippen LogP contribution in [-0.2, 0) is 10.8 Å². The van der Waals surface area contributed by atoms with Crippen LogP contribution in [0, 0.1) is 23.7 Å². The van der Waals surface area contributed by atoms with Crippen molar-refractivity contribution in [2.45, 2.75) is 68.6 Å². The summed E-state index contributed by atoms with van der Waals surface area (Å²) in [5.41, 5.74) is 21.2. The Balaban J connectivity index is 0.977. The van der Waals surface area contributed by atoms with E-state index in [1.165, 1.54) is 119 Å². The lowest BCUT2D eigenvalue weighted by atomic mass is 9.59. The number of anilines is 3. The molecule has 5 saturated carbocycles. The van der Waals surface area contributed by atoms with Gasteiger partial charge in [-0.05, 0) is 171 Å². The largest absolute Gasteiger partial charge is 0.310 e. The molecule has 7 aliphatic rings. The van der Waals surface area contributed by atoms with Gasteiger partial charge in [0.1, 0.15) is 0 Å². The molecule has 2 spiro atoms. The summed E-state index contributed by atoms with van der Waals surface area (Å²) in [6.07, 6.45) is 12.1. The average Bonchev–Trinajstić information content (AvgIpc) is 3.92. The molecule has 282 valence electrons. The fraction of sp³-hybridized carbons (Fsp3) is 0.263. The molecule has 0 heterocycles. The second-order valence-electron chi connectivity index (χ2n) is 18.8. The van der Waals surface area contributed by atoms with Crippen LogP contribution in [0.15, 0.2) is 164 Å². The number of rotatable bonds is 5. The van der Waals surface area contributed by atoms with Gasteiger partial charge in [0.05, 0.1) is 0 Å². The van der Waals surface area contributed by atoms with Crippen molar-refractivity contribution in [3.05, 3.63) is 186 Å². The Morgan fingerprint density at radius 2 is 1.02 bits per heavy atom. The summed E-state index contributed by atoms with van der Waals surface area (Å²) in [5.74, 6) is 3.31. The normalized spacial score (nSPS) is 24.8. The number of nitrogens with zero attached hydrogens (tertiary/aromatic N) is 1. The maximum atomic E-state index is 2.66. The van der Waals surface area contributed by atoms with Crippen molar-refractivity contribution >= 4 is 17.1 Å². The predicted molar refractivity (Wildman–Crippen MR) is 240 cm³/mol. The minimum atomic E-state index is 0.142. The Bertz CT molecular complexity index is 2750. The van der Waals surface area contributed by atoms with E-state index in [0.717, 1.165) is 23.7 Å². The summed E-state index contributed by atoms with van der Waals surface area (Å²) in [5, 5.41) is 0. The lowest BCUT2D eigenvalue weighted by Crippen LogP contribution is -2.40. The van der Waals surface area contributed by atoms with Crippen molar-refractivity contribution in [1.82, 2.24) is 0 Å². The van der Waals surface area contributed by atoms with Crippen LogP contribution in [-0.4, -0.2) is 0 Å². The van der Waals surface area contributed by atoms with Crippen molar-refractivity contribution in [2.24, 2.45) is 23.7 Å². The summed E-state index contributed by atoms with van der Waals surface area (Å²) in [4.78, 5) is 2.58. The lowest BCUT2D eigenvalue weighted by Gasteiger charge is -2.44. The molecule has 0 aliphatic heterocycles. The highest BCUT2D eigenvalue weighted by Crippen LogP contribution is 2.73. The van der Waals surface area contributed by atoms with Gasteiger partial charge >= 0.3 is 0 Å². The first kappa shape index (κ1) is 33.3. The van der Waals surface area contributed by atoms with Crippen molar-refractivity contribution < 1.29 is 0 Å². The molecule has 0 aromatic heterocycles. The Morgan fingerprint density at radius 1 is 0.397 bits per heavy atom. The number of fused-ring (bicyclic) bond motifs is 8. The Hall–Kier alpha value is -5.66. The van der Waals surface area contributed by atoms with E-state index in [1.54, 1.807) is 22.3 Å². The predicted octanol–water partition coefficient (Wildman–Crippen LogP) is 15.1. The van der Waals surface area contributed by atoms with Gasteiger partial charge in [0.2, 0.25) is 0 Å². The summed E-state index contributed by atoms with van der Waals surface area (Å²) >= 11 is 0. The van der Waals surface area contributed by atoms with Gasteiger partial charge in [0.15, 0.2) is 0 Å². The maximum Gasteiger partial charge on any atom is 0.0468 e. The van der Waals surface area contributed by atoms with Gasteiger partial charge in [-0.25, -0.2) is 0 Å². The molecule has 7 aromatic rings. The van der Waals surface area contributed by atoms with E-state index in [1.807, 2.05) is 0 Å². The number of hydrogen-bond donors (Lipinski definition) is 0. The second kappa shape index (κ2) is 12.4. The molecule has 0 radical (unpaired) electrons. The standard InChI is InChI=1S/C57H49N/c1-3-12-38(13-4-1)40-14-11-15-41(33-40)39-20-22-44(23-21-39)58(45-25-27-52-50(35-45)48-17-5-7-18-51(48)56(52)28-9-2-10-29-56)46-24-26-49-47-16-6-8-19-53(47)57(55(49)36-46)43-31-37-30-42(34-43)54(57)32-37/h1,3-8,11-27,33,35-37,42-43,54H,2,9-10,28-32,34H2. The zero-order chi connectivity index (χ0) is 38.0. The molecule has 58 heavy (non-hydrogen) atoms. The Kier molecular flexibility index (Phi) is 7.14. The quantitative estimate of drug-likeness (QED) is 0.169. The minimum absolute atomic E-state index is 0.142. The van der Waals surface area contributed by atoms with Gasteiger partial charge in [-0.2, -0.15) is 0 Å². The van der Waals surface area contributed by atoms with Gasteiger partial charge < -0.3 is 4.90 Å². The fourth-order valence-electron chi connectivity index (χ4n) is 14.1. The Labute approximate surface area is 343 Å². The summed E-state index contributed by atoms with van der Waals surface area (Å²) < 4.78 is 0. The summed E-state index contributed by atoms with van der Waals surface area (Å²) in [6.45, 7) is 0. The molecule has 4 bridgehead atoms. The van der Waals surface area contributed by atoms with Crippen molar-refractivity contribution in [1.29, 1.82) is 0 Å². The van der Waals surface area contributed by atoms with Gasteiger partial charge in [-0.3, -0.25) is 0 Å². The molecule has 14 rings (SSSR count). The highest BCUT2D eigenvalue weighted by atomic mass is 15.1. The van der Waals surface area contributed by atoms with Gasteiger partial charge in [-0.15, -0.1) is 0 Å². The number of hydrogen-bond acceptors (Lipinski definition) is 1. The average molecular weight is 748 g/mol. The third-order valence-electron chi connectivity index (χ3n) is 16.2. The van der Waals surface area contributed by atoms with Crippen LogP contribution in [0.4, 0.5) is 17.1 Å². The SMILES string of the molecule is c1ccc(-c2cccc(-c3ccc(N(c4ccc5c(c4)-c4ccccc4C54CCCCC4)c4ccc5c(c4)C4(c6ccccc6-5)C5CC6CC(C5)C4C6)cc3)c2)cc1. The zero-order valence-electron chi connectivity index (χ0n) is 33.2. The van der Waals surface area contributed by atoms with Crippen LogP contribution in [0.3, 0.4) is 0 Å².